The van der Waals surface area contributed by atoms with Gasteiger partial charge in [-0.3, -0.25) is 4.79 Å². The second kappa shape index (κ2) is 17.1. The van der Waals surface area contributed by atoms with Gasteiger partial charge < -0.3 is 14.9 Å². The highest BCUT2D eigenvalue weighted by atomic mass is 32.4. The molecule has 0 saturated heterocycles. The molecule has 112 valence electrons. The number of aliphatic hydroxyl groups excluding tert-OH is 1. The summed E-state index contributed by atoms with van der Waals surface area (Å²) >= 11 is 3.70. The molecular weight excluding hydrogens is 294 g/mol. The first-order valence-electron chi connectivity index (χ1n) is 5.36. The molecule has 0 amide bonds. The summed E-state index contributed by atoms with van der Waals surface area (Å²) < 4.78 is 14.8. The standard InChI is InChI=1S/C9H16O3.C2H4O2.FPS/c1-4-5-8(10)6-12-9(11)7(2)3;1-2(3)4;1-2-3/h8,10H,2,4-6H2,1,3H3;1H3,(H,3,4);. The van der Waals surface area contributed by atoms with Crippen LogP contribution in [0.2, 0.25) is 0 Å². The van der Waals surface area contributed by atoms with E-state index in [1.54, 1.807) is 6.92 Å². The fraction of sp³-hybridized carbons (Fsp3) is 0.636. The molecule has 0 bridgehead atoms. The van der Waals surface area contributed by atoms with Crippen molar-refractivity contribution in [1.29, 1.82) is 0 Å². The number of hydrogen-bond acceptors (Lipinski definition) is 5. The molecule has 0 radical (unpaired) electrons. The zero-order valence-electron chi connectivity index (χ0n) is 11.3. The van der Waals surface area contributed by atoms with Crippen LogP contribution < -0.4 is 0 Å². The van der Waals surface area contributed by atoms with Crippen LogP contribution in [0.3, 0.4) is 0 Å². The minimum Gasteiger partial charge on any atom is -0.481 e. The predicted molar refractivity (Wildman–Crippen MR) is 75.4 cm³/mol. The fourth-order valence-corrected chi connectivity index (χ4v) is 0.712. The van der Waals surface area contributed by atoms with Gasteiger partial charge in [0.2, 0.25) is 0 Å². The number of aliphatic hydroxyl groups is 1. The number of carboxylic acids is 1. The van der Waals surface area contributed by atoms with Gasteiger partial charge in [0.25, 0.3) is 5.97 Å². The molecule has 0 aliphatic carbocycles. The molecule has 1 unspecified atom stereocenters. The Balaban J connectivity index is -0.000000303. The van der Waals surface area contributed by atoms with Crippen LogP contribution in [-0.2, 0) is 26.1 Å². The summed E-state index contributed by atoms with van der Waals surface area (Å²) in [4.78, 5) is 19.8. The van der Waals surface area contributed by atoms with Gasteiger partial charge >= 0.3 is 5.97 Å². The topological polar surface area (TPSA) is 83.8 Å². The van der Waals surface area contributed by atoms with Crippen LogP contribution in [0, 0.1) is 0 Å². The smallest absolute Gasteiger partial charge is 0.333 e. The maximum Gasteiger partial charge on any atom is 0.333 e. The first-order chi connectivity index (χ1) is 8.72. The fourth-order valence-electron chi connectivity index (χ4n) is 0.712. The minimum atomic E-state index is -0.833. The number of carboxylic acid groups (broad SMARTS) is 1. The van der Waals surface area contributed by atoms with Crippen LogP contribution in [0.5, 0.6) is 0 Å². The summed E-state index contributed by atoms with van der Waals surface area (Å²) in [5.41, 5.74) is 0.360. The highest BCUT2D eigenvalue weighted by molar-refractivity contribution is 7.94. The molecule has 0 heterocycles. The maximum absolute atomic E-state index is 10.8. The number of esters is 1. The lowest BCUT2D eigenvalue weighted by Crippen LogP contribution is -2.18. The van der Waals surface area contributed by atoms with E-state index >= 15 is 0 Å². The summed E-state index contributed by atoms with van der Waals surface area (Å²) in [5.74, 6) is -1.27. The van der Waals surface area contributed by atoms with Crippen LogP contribution in [-0.4, -0.2) is 34.9 Å². The molecule has 0 aliphatic rings. The van der Waals surface area contributed by atoms with Gasteiger partial charge in [-0.25, -0.2) is 4.79 Å². The lowest BCUT2D eigenvalue weighted by molar-refractivity contribution is -0.142. The van der Waals surface area contributed by atoms with Crippen LogP contribution in [0.4, 0.5) is 4.20 Å². The molecule has 2 N–H and O–H groups in total. The number of halogens is 1. The number of carbonyl (C=O) groups is 2. The molecule has 0 fully saturated rings. The van der Waals surface area contributed by atoms with Crippen molar-refractivity contribution in [1.82, 2.24) is 0 Å². The Hall–Kier alpha value is -0.910. The van der Waals surface area contributed by atoms with Crippen molar-refractivity contribution < 1.29 is 28.7 Å². The van der Waals surface area contributed by atoms with Gasteiger partial charge in [-0.05, 0) is 25.2 Å². The third-order valence-corrected chi connectivity index (χ3v) is 1.38. The van der Waals surface area contributed by atoms with Crippen LogP contribution in [0.15, 0.2) is 12.2 Å². The van der Waals surface area contributed by atoms with Crippen molar-refractivity contribution in [2.45, 2.75) is 39.7 Å². The van der Waals surface area contributed by atoms with Crippen molar-refractivity contribution in [3.63, 3.8) is 0 Å². The summed E-state index contributed by atoms with van der Waals surface area (Å²) in [6.07, 6.45) is 0.994. The van der Waals surface area contributed by atoms with E-state index in [-0.39, 0.29) is 6.61 Å². The average molecular weight is 314 g/mol. The lowest BCUT2D eigenvalue weighted by atomic mass is 10.2. The number of hydrogen-bond donors (Lipinski definition) is 2. The Morgan fingerprint density at radius 3 is 2.11 bits per heavy atom. The van der Waals surface area contributed by atoms with Crippen molar-refractivity contribution in [2.75, 3.05) is 6.61 Å². The molecule has 0 rings (SSSR count). The van der Waals surface area contributed by atoms with Gasteiger partial charge in [0, 0.05) is 12.5 Å². The highest BCUT2D eigenvalue weighted by Crippen LogP contribution is 1.99. The average Bonchev–Trinajstić information content (AvgIpc) is 2.26. The minimum absolute atomic E-state index is 0.0690. The third-order valence-electron chi connectivity index (χ3n) is 1.38. The van der Waals surface area contributed by atoms with E-state index in [0.717, 1.165) is 13.3 Å². The third kappa shape index (κ3) is 31.6. The normalized spacial score (nSPS) is 10.2. The Morgan fingerprint density at radius 1 is 1.47 bits per heavy atom. The quantitative estimate of drug-likeness (QED) is 0.461. The van der Waals surface area contributed by atoms with Crippen LogP contribution in [0.1, 0.15) is 33.6 Å². The van der Waals surface area contributed by atoms with Crippen LogP contribution in [0.25, 0.3) is 0 Å². The van der Waals surface area contributed by atoms with Crippen molar-refractivity contribution >= 4 is 31.4 Å². The Kier molecular flexibility index (Phi) is 20.9. The molecule has 5 nitrogen and oxygen atoms in total. The Morgan fingerprint density at radius 2 is 1.84 bits per heavy atom. The van der Waals surface area contributed by atoms with E-state index in [1.807, 2.05) is 6.92 Å². The summed E-state index contributed by atoms with van der Waals surface area (Å²) in [7, 11) is -0.500. The largest absolute Gasteiger partial charge is 0.481 e. The van der Waals surface area contributed by atoms with Gasteiger partial charge in [-0.1, -0.05) is 19.9 Å². The second-order valence-electron chi connectivity index (χ2n) is 3.41. The van der Waals surface area contributed by atoms with Gasteiger partial charge in [0.15, 0.2) is 7.67 Å². The monoisotopic (exact) mass is 314 g/mol. The van der Waals surface area contributed by atoms with E-state index in [2.05, 4.69) is 18.4 Å². The first kappa shape index (κ1) is 23.2. The van der Waals surface area contributed by atoms with Crippen LogP contribution >= 0.6 is 7.67 Å². The number of carbonyl (C=O) groups excluding carboxylic acids is 1. The van der Waals surface area contributed by atoms with Gasteiger partial charge in [-0.2, -0.15) is 4.20 Å². The Labute approximate surface area is 119 Å². The SMILES string of the molecule is C=C(C)C(=O)OCC(O)CCC.CC(=O)O.FP=S. The second-order valence-corrected chi connectivity index (χ2v) is 3.96. The van der Waals surface area contributed by atoms with Crippen molar-refractivity contribution in [2.24, 2.45) is 0 Å². The van der Waals surface area contributed by atoms with Gasteiger partial charge in [-0.15, -0.1) is 0 Å². The van der Waals surface area contributed by atoms with Gasteiger partial charge in [0.05, 0.1) is 6.10 Å². The molecule has 19 heavy (non-hydrogen) atoms. The molecule has 0 aromatic rings. The molecule has 0 aromatic carbocycles. The summed E-state index contributed by atoms with van der Waals surface area (Å²) in [6, 6.07) is 0. The molecule has 0 aliphatic heterocycles. The molecule has 0 saturated carbocycles. The molecule has 0 aromatic heterocycles. The van der Waals surface area contributed by atoms with E-state index in [9.17, 15) is 14.1 Å². The summed E-state index contributed by atoms with van der Waals surface area (Å²) in [5, 5.41) is 16.6. The molecular formula is C11H20FO5PS. The lowest BCUT2D eigenvalue weighted by Gasteiger charge is -2.09. The highest BCUT2D eigenvalue weighted by Gasteiger charge is 2.07. The van der Waals surface area contributed by atoms with E-state index in [4.69, 9.17) is 14.6 Å². The zero-order chi connectivity index (χ0) is 15.8. The van der Waals surface area contributed by atoms with E-state index in [1.165, 1.54) is 0 Å². The Bertz CT molecular complexity index is 282. The van der Waals surface area contributed by atoms with Crippen molar-refractivity contribution in [3.8, 4) is 0 Å². The molecule has 0 spiro atoms. The van der Waals surface area contributed by atoms with Gasteiger partial charge in [0.1, 0.15) is 6.61 Å². The number of ether oxygens (including phenoxy) is 1. The molecule has 1 atom stereocenters. The first-order valence-corrected chi connectivity index (χ1v) is 7.16. The maximum atomic E-state index is 10.8. The predicted octanol–water partition coefficient (Wildman–Crippen LogP) is 2.64. The number of rotatable bonds is 5. The van der Waals surface area contributed by atoms with E-state index < -0.39 is 25.7 Å². The van der Waals surface area contributed by atoms with Crippen molar-refractivity contribution in [3.05, 3.63) is 12.2 Å². The zero-order valence-corrected chi connectivity index (χ0v) is 13.0. The molecule has 8 heteroatoms. The van der Waals surface area contributed by atoms with E-state index in [0.29, 0.717) is 12.0 Å². The summed E-state index contributed by atoms with van der Waals surface area (Å²) in [6.45, 7) is 8.12. The number of aliphatic carboxylic acids is 1.